The normalized spacial score (nSPS) is 14.3. The van der Waals surface area contributed by atoms with Gasteiger partial charge in [-0.05, 0) is 24.6 Å². The minimum Gasteiger partial charge on any atom is -0.459 e. The van der Waals surface area contributed by atoms with Crippen LogP contribution in [0, 0.1) is 0 Å². The molecule has 2 aromatic heterocycles. The number of nitrogens with zero attached hydrogens (tertiary/aromatic N) is 3. The van der Waals surface area contributed by atoms with Gasteiger partial charge in [0.25, 0.3) is 5.91 Å². The Hall–Kier alpha value is -3.03. The molecule has 3 heterocycles. The summed E-state index contributed by atoms with van der Waals surface area (Å²) >= 11 is 0. The summed E-state index contributed by atoms with van der Waals surface area (Å²) in [6.45, 7) is 2.97. The Morgan fingerprint density at radius 1 is 1.04 bits per heavy atom. The molecule has 138 valence electrons. The third-order valence-electron chi connectivity index (χ3n) is 4.34. The van der Waals surface area contributed by atoms with Crippen LogP contribution in [0.5, 0.6) is 0 Å². The summed E-state index contributed by atoms with van der Waals surface area (Å²) in [6.07, 6.45) is 3.88. The van der Waals surface area contributed by atoms with Crippen molar-refractivity contribution in [2.75, 3.05) is 32.7 Å². The number of carbonyl (C=O) groups is 2. The number of rotatable bonds is 5. The minimum atomic E-state index is -0.150. The van der Waals surface area contributed by atoms with Gasteiger partial charge in [0.2, 0.25) is 5.56 Å². The summed E-state index contributed by atoms with van der Waals surface area (Å²) in [5, 5.41) is 2.86. The van der Waals surface area contributed by atoms with Gasteiger partial charge in [0, 0.05) is 51.5 Å². The van der Waals surface area contributed by atoms with Crippen LogP contribution in [0.3, 0.4) is 0 Å². The molecule has 0 bridgehead atoms. The first-order valence-electron chi connectivity index (χ1n) is 8.66. The molecular weight excluding hydrogens is 336 g/mol. The molecule has 3 amide bonds. The van der Waals surface area contributed by atoms with E-state index in [1.54, 1.807) is 38.8 Å². The quantitative estimate of drug-likeness (QED) is 0.808. The summed E-state index contributed by atoms with van der Waals surface area (Å²) in [5.41, 5.74) is -0.0452. The summed E-state index contributed by atoms with van der Waals surface area (Å²) in [6, 6.07) is 8.21. The standard InChI is InChI=1S/C18H22N4O4/c23-16-6-1-2-8-20(16)9-4-7-19-18(25)22-12-10-21(11-13-22)17(24)15-5-3-14-26-15/h1-3,5-6,8,14H,4,7,9-13H2,(H,19,25). The van der Waals surface area contributed by atoms with Gasteiger partial charge in [-0.25, -0.2) is 4.79 Å². The molecule has 0 unspecified atom stereocenters. The Labute approximate surface area is 151 Å². The smallest absolute Gasteiger partial charge is 0.317 e. The van der Waals surface area contributed by atoms with Crippen LogP contribution in [-0.2, 0) is 6.54 Å². The molecule has 0 aromatic carbocycles. The topological polar surface area (TPSA) is 87.8 Å². The summed E-state index contributed by atoms with van der Waals surface area (Å²) in [5.74, 6) is 0.169. The fourth-order valence-corrected chi connectivity index (χ4v) is 2.87. The first-order chi connectivity index (χ1) is 12.6. The van der Waals surface area contributed by atoms with Crippen molar-refractivity contribution in [2.24, 2.45) is 0 Å². The van der Waals surface area contributed by atoms with E-state index in [1.807, 2.05) is 6.07 Å². The maximum atomic E-state index is 12.2. The third kappa shape index (κ3) is 4.33. The zero-order valence-corrected chi connectivity index (χ0v) is 14.5. The predicted molar refractivity (Wildman–Crippen MR) is 94.9 cm³/mol. The number of hydrogen-bond acceptors (Lipinski definition) is 4. The van der Waals surface area contributed by atoms with E-state index in [9.17, 15) is 14.4 Å². The van der Waals surface area contributed by atoms with Crippen molar-refractivity contribution in [3.05, 3.63) is 58.9 Å². The van der Waals surface area contributed by atoms with Crippen LogP contribution < -0.4 is 10.9 Å². The van der Waals surface area contributed by atoms with Crippen LogP contribution >= 0.6 is 0 Å². The molecule has 0 spiro atoms. The molecule has 1 N–H and O–H groups in total. The Morgan fingerprint density at radius 3 is 2.50 bits per heavy atom. The number of aromatic nitrogens is 1. The van der Waals surface area contributed by atoms with Crippen molar-refractivity contribution >= 4 is 11.9 Å². The van der Waals surface area contributed by atoms with E-state index in [0.717, 1.165) is 0 Å². The molecule has 2 aromatic rings. The molecule has 0 aliphatic carbocycles. The number of piperazine rings is 1. The number of urea groups is 1. The predicted octanol–water partition coefficient (Wildman–Crippen LogP) is 0.999. The van der Waals surface area contributed by atoms with Crippen LogP contribution in [0.4, 0.5) is 4.79 Å². The first kappa shape index (κ1) is 17.8. The molecule has 1 saturated heterocycles. The van der Waals surface area contributed by atoms with Crippen molar-refractivity contribution in [2.45, 2.75) is 13.0 Å². The number of pyridine rings is 1. The average molecular weight is 358 g/mol. The molecular formula is C18H22N4O4. The molecule has 8 heteroatoms. The number of furan rings is 1. The van der Waals surface area contributed by atoms with Crippen molar-refractivity contribution in [1.29, 1.82) is 0 Å². The van der Waals surface area contributed by atoms with Gasteiger partial charge in [-0.15, -0.1) is 0 Å². The van der Waals surface area contributed by atoms with Gasteiger partial charge in [0.1, 0.15) is 0 Å². The Balaban J connectivity index is 1.38. The van der Waals surface area contributed by atoms with E-state index in [-0.39, 0.29) is 17.5 Å². The van der Waals surface area contributed by atoms with E-state index in [0.29, 0.717) is 51.4 Å². The molecule has 8 nitrogen and oxygen atoms in total. The van der Waals surface area contributed by atoms with E-state index in [4.69, 9.17) is 4.42 Å². The van der Waals surface area contributed by atoms with Gasteiger partial charge < -0.3 is 24.1 Å². The second-order valence-electron chi connectivity index (χ2n) is 6.07. The number of hydrogen-bond donors (Lipinski definition) is 1. The van der Waals surface area contributed by atoms with Crippen LogP contribution in [0.15, 0.2) is 52.0 Å². The largest absolute Gasteiger partial charge is 0.459 e. The van der Waals surface area contributed by atoms with E-state index in [2.05, 4.69) is 5.32 Å². The maximum absolute atomic E-state index is 12.2. The lowest BCUT2D eigenvalue weighted by atomic mass is 10.3. The Morgan fingerprint density at radius 2 is 1.81 bits per heavy atom. The van der Waals surface area contributed by atoms with Gasteiger partial charge in [0.05, 0.1) is 6.26 Å². The van der Waals surface area contributed by atoms with Crippen molar-refractivity contribution in [1.82, 2.24) is 19.7 Å². The van der Waals surface area contributed by atoms with E-state index in [1.165, 1.54) is 12.3 Å². The zero-order chi connectivity index (χ0) is 18.4. The second-order valence-corrected chi connectivity index (χ2v) is 6.07. The highest BCUT2D eigenvalue weighted by molar-refractivity contribution is 5.91. The monoisotopic (exact) mass is 358 g/mol. The van der Waals surface area contributed by atoms with Crippen LogP contribution in [0.25, 0.3) is 0 Å². The average Bonchev–Trinajstić information content (AvgIpc) is 3.20. The number of amides is 3. The lowest BCUT2D eigenvalue weighted by molar-refractivity contribution is 0.0634. The number of carbonyl (C=O) groups excluding carboxylic acids is 2. The van der Waals surface area contributed by atoms with Crippen molar-refractivity contribution in [3.63, 3.8) is 0 Å². The highest BCUT2D eigenvalue weighted by Crippen LogP contribution is 2.09. The Kier molecular flexibility index (Phi) is 5.73. The lowest BCUT2D eigenvalue weighted by Gasteiger charge is -2.34. The molecule has 0 radical (unpaired) electrons. The highest BCUT2D eigenvalue weighted by Gasteiger charge is 2.25. The summed E-state index contributed by atoms with van der Waals surface area (Å²) < 4.78 is 6.74. The fraction of sp³-hybridized carbons (Fsp3) is 0.389. The number of aryl methyl sites for hydroxylation is 1. The van der Waals surface area contributed by atoms with Gasteiger partial charge in [-0.3, -0.25) is 9.59 Å². The van der Waals surface area contributed by atoms with Crippen molar-refractivity contribution < 1.29 is 14.0 Å². The molecule has 0 saturated carbocycles. The number of nitrogens with one attached hydrogen (secondary N) is 1. The van der Waals surface area contributed by atoms with Crippen LogP contribution in [0.1, 0.15) is 17.0 Å². The summed E-state index contributed by atoms with van der Waals surface area (Å²) in [7, 11) is 0. The zero-order valence-electron chi connectivity index (χ0n) is 14.5. The van der Waals surface area contributed by atoms with Crippen LogP contribution in [-0.4, -0.2) is 59.0 Å². The van der Waals surface area contributed by atoms with E-state index < -0.39 is 0 Å². The third-order valence-corrected chi connectivity index (χ3v) is 4.34. The SMILES string of the molecule is O=C(NCCCn1ccccc1=O)N1CCN(C(=O)c2ccco2)CC1. The molecule has 1 aliphatic heterocycles. The Bertz CT molecular complexity index is 792. The van der Waals surface area contributed by atoms with Crippen LogP contribution in [0.2, 0.25) is 0 Å². The van der Waals surface area contributed by atoms with Gasteiger partial charge in [-0.2, -0.15) is 0 Å². The minimum absolute atomic E-state index is 0.0452. The highest BCUT2D eigenvalue weighted by atomic mass is 16.3. The lowest BCUT2D eigenvalue weighted by Crippen LogP contribution is -2.53. The summed E-state index contributed by atoms with van der Waals surface area (Å²) in [4.78, 5) is 39.4. The van der Waals surface area contributed by atoms with Gasteiger partial charge in [-0.1, -0.05) is 6.07 Å². The van der Waals surface area contributed by atoms with Crippen molar-refractivity contribution in [3.8, 4) is 0 Å². The molecule has 1 aliphatic rings. The second kappa shape index (κ2) is 8.37. The molecule has 3 rings (SSSR count). The molecule has 26 heavy (non-hydrogen) atoms. The fourth-order valence-electron chi connectivity index (χ4n) is 2.87. The van der Waals surface area contributed by atoms with E-state index >= 15 is 0 Å². The van der Waals surface area contributed by atoms with Gasteiger partial charge in [0.15, 0.2) is 5.76 Å². The maximum Gasteiger partial charge on any atom is 0.317 e. The first-order valence-corrected chi connectivity index (χ1v) is 8.66. The molecule has 1 fully saturated rings. The molecule has 0 atom stereocenters. The van der Waals surface area contributed by atoms with Gasteiger partial charge >= 0.3 is 6.03 Å².